The molecule has 0 unspecified atom stereocenters. The largest absolute Gasteiger partial charge is 0.378 e. The second-order valence-corrected chi connectivity index (χ2v) is 6.48. The molecular weight excluding hydrogens is 330 g/mol. The fraction of sp³-hybridized carbons (Fsp3) is 0.529. The van der Waals surface area contributed by atoms with E-state index in [1.165, 1.54) is 6.42 Å². The van der Waals surface area contributed by atoms with E-state index in [0.717, 1.165) is 25.9 Å². The molecule has 0 aliphatic carbocycles. The average Bonchev–Trinajstić information content (AvgIpc) is 2.64. The molecule has 24 heavy (non-hydrogen) atoms. The molecule has 130 valence electrons. The summed E-state index contributed by atoms with van der Waals surface area (Å²) in [5, 5.41) is 3.23. The second kappa shape index (κ2) is 7.85. The van der Waals surface area contributed by atoms with Gasteiger partial charge in [0.15, 0.2) is 0 Å². The quantitative estimate of drug-likeness (QED) is 0.891. The van der Waals surface area contributed by atoms with E-state index in [1.54, 1.807) is 23.1 Å². The van der Waals surface area contributed by atoms with Crippen molar-refractivity contribution >= 4 is 29.2 Å². The number of urea groups is 1. The molecule has 0 spiro atoms. The minimum atomic E-state index is -0.220. The molecule has 1 aromatic rings. The van der Waals surface area contributed by atoms with Gasteiger partial charge in [0.1, 0.15) is 0 Å². The fourth-order valence-electron chi connectivity index (χ4n) is 2.99. The van der Waals surface area contributed by atoms with E-state index >= 15 is 0 Å². The molecule has 2 aliphatic heterocycles. The monoisotopic (exact) mass is 351 g/mol. The summed E-state index contributed by atoms with van der Waals surface area (Å²) in [6, 6.07) is 4.82. The third-order valence-electron chi connectivity index (χ3n) is 4.40. The Labute approximate surface area is 146 Å². The van der Waals surface area contributed by atoms with Crippen molar-refractivity contribution in [2.75, 3.05) is 44.7 Å². The van der Waals surface area contributed by atoms with Gasteiger partial charge >= 0.3 is 6.03 Å². The van der Waals surface area contributed by atoms with Crippen LogP contribution in [0.4, 0.5) is 10.5 Å². The van der Waals surface area contributed by atoms with Gasteiger partial charge in [0.05, 0.1) is 23.9 Å². The van der Waals surface area contributed by atoms with Gasteiger partial charge in [-0.3, -0.25) is 4.79 Å². The van der Waals surface area contributed by atoms with Gasteiger partial charge in [-0.25, -0.2) is 4.79 Å². The van der Waals surface area contributed by atoms with E-state index < -0.39 is 0 Å². The zero-order chi connectivity index (χ0) is 16.9. The molecule has 0 aromatic heterocycles. The number of nitrogens with one attached hydrogen (secondary N) is 1. The maximum Gasteiger partial charge on any atom is 0.322 e. The standard InChI is InChI=1S/C17H22ClN3O3/c18-14-5-4-13(16(22)20-6-2-1-3-7-20)12-15(14)19-17(23)21-8-10-24-11-9-21/h4-5,12H,1-3,6-11H2,(H,19,23). The topological polar surface area (TPSA) is 61.9 Å². The molecule has 0 saturated carbocycles. The van der Waals surface area contributed by atoms with Crippen LogP contribution in [-0.2, 0) is 4.74 Å². The number of carbonyl (C=O) groups is 2. The molecule has 3 amide bonds. The molecule has 1 aromatic carbocycles. The number of hydrogen-bond donors (Lipinski definition) is 1. The van der Waals surface area contributed by atoms with Gasteiger partial charge in [-0.2, -0.15) is 0 Å². The van der Waals surface area contributed by atoms with E-state index in [-0.39, 0.29) is 11.9 Å². The smallest absolute Gasteiger partial charge is 0.322 e. The molecule has 7 heteroatoms. The van der Waals surface area contributed by atoms with Crippen LogP contribution in [0.1, 0.15) is 29.6 Å². The molecule has 6 nitrogen and oxygen atoms in total. The molecule has 0 radical (unpaired) electrons. The molecule has 2 heterocycles. The van der Waals surface area contributed by atoms with Crippen molar-refractivity contribution in [3.63, 3.8) is 0 Å². The van der Waals surface area contributed by atoms with E-state index in [2.05, 4.69) is 5.32 Å². The second-order valence-electron chi connectivity index (χ2n) is 6.08. The highest BCUT2D eigenvalue weighted by Crippen LogP contribution is 2.25. The third-order valence-corrected chi connectivity index (χ3v) is 4.73. The Bertz CT molecular complexity index is 611. The van der Waals surface area contributed by atoms with Gasteiger partial charge in [0.2, 0.25) is 0 Å². The van der Waals surface area contributed by atoms with Crippen molar-refractivity contribution in [3.8, 4) is 0 Å². The van der Waals surface area contributed by atoms with Crippen LogP contribution in [0, 0.1) is 0 Å². The van der Waals surface area contributed by atoms with E-state index in [1.807, 2.05) is 4.90 Å². The third kappa shape index (κ3) is 3.99. The number of benzene rings is 1. The Balaban J connectivity index is 1.71. The first-order valence-electron chi connectivity index (χ1n) is 8.37. The summed E-state index contributed by atoms with van der Waals surface area (Å²) in [7, 11) is 0. The fourth-order valence-corrected chi connectivity index (χ4v) is 3.16. The highest BCUT2D eigenvalue weighted by Gasteiger charge is 2.21. The van der Waals surface area contributed by atoms with Gasteiger partial charge < -0.3 is 19.9 Å². The van der Waals surface area contributed by atoms with Crippen LogP contribution in [0.15, 0.2) is 18.2 Å². The lowest BCUT2D eigenvalue weighted by Gasteiger charge is -2.28. The van der Waals surface area contributed by atoms with Crippen LogP contribution < -0.4 is 5.32 Å². The Morgan fingerprint density at radius 3 is 2.42 bits per heavy atom. The van der Waals surface area contributed by atoms with Gasteiger partial charge in [-0.15, -0.1) is 0 Å². The van der Waals surface area contributed by atoms with Crippen molar-refractivity contribution in [1.82, 2.24) is 9.80 Å². The number of halogens is 1. The van der Waals surface area contributed by atoms with Crippen molar-refractivity contribution in [1.29, 1.82) is 0 Å². The molecule has 1 N–H and O–H groups in total. The average molecular weight is 352 g/mol. The summed E-state index contributed by atoms with van der Waals surface area (Å²) in [5.41, 5.74) is 1.02. The molecule has 2 fully saturated rings. The first-order chi connectivity index (χ1) is 11.6. The number of ether oxygens (including phenoxy) is 1. The molecule has 0 bridgehead atoms. The predicted octanol–water partition coefficient (Wildman–Crippen LogP) is 2.83. The number of rotatable bonds is 2. The number of morpholine rings is 1. The number of amides is 3. The zero-order valence-corrected chi connectivity index (χ0v) is 14.3. The van der Waals surface area contributed by atoms with Crippen molar-refractivity contribution in [3.05, 3.63) is 28.8 Å². The van der Waals surface area contributed by atoms with E-state index in [9.17, 15) is 9.59 Å². The first-order valence-corrected chi connectivity index (χ1v) is 8.75. The van der Waals surface area contributed by atoms with Gasteiger partial charge in [-0.1, -0.05) is 11.6 Å². The maximum absolute atomic E-state index is 12.6. The normalized spacial score (nSPS) is 18.4. The maximum atomic E-state index is 12.6. The summed E-state index contributed by atoms with van der Waals surface area (Å²) >= 11 is 6.19. The van der Waals surface area contributed by atoms with Crippen molar-refractivity contribution < 1.29 is 14.3 Å². The number of anilines is 1. The Morgan fingerprint density at radius 2 is 1.71 bits per heavy atom. The zero-order valence-electron chi connectivity index (χ0n) is 13.6. The van der Waals surface area contributed by atoms with Crippen LogP contribution in [-0.4, -0.2) is 61.1 Å². The van der Waals surface area contributed by atoms with Crippen LogP contribution in [0.2, 0.25) is 5.02 Å². The number of carbonyl (C=O) groups excluding carboxylic acids is 2. The van der Waals surface area contributed by atoms with Crippen LogP contribution in [0.25, 0.3) is 0 Å². The summed E-state index contributed by atoms with van der Waals surface area (Å²) in [6.45, 7) is 3.75. The minimum Gasteiger partial charge on any atom is -0.378 e. The van der Waals surface area contributed by atoms with Gasteiger partial charge in [0, 0.05) is 31.7 Å². The molecule has 3 rings (SSSR count). The van der Waals surface area contributed by atoms with Crippen molar-refractivity contribution in [2.45, 2.75) is 19.3 Å². The van der Waals surface area contributed by atoms with E-state index in [4.69, 9.17) is 16.3 Å². The van der Waals surface area contributed by atoms with Gasteiger partial charge in [0.25, 0.3) is 5.91 Å². The Kier molecular flexibility index (Phi) is 5.58. The van der Waals surface area contributed by atoms with Crippen LogP contribution >= 0.6 is 11.6 Å². The summed E-state index contributed by atoms with van der Waals surface area (Å²) < 4.78 is 5.24. The molecule has 0 atom stereocenters. The lowest BCUT2D eigenvalue weighted by Crippen LogP contribution is -2.43. The predicted molar refractivity (Wildman–Crippen MR) is 92.6 cm³/mol. The number of piperidine rings is 1. The van der Waals surface area contributed by atoms with Gasteiger partial charge in [-0.05, 0) is 37.5 Å². The lowest BCUT2D eigenvalue weighted by atomic mass is 10.1. The van der Waals surface area contributed by atoms with Crippen molar-refractivity contribution in [2.24, 2.45) is 0 Å². The lowest BCUT2D eigenvalue weighted by molar-refractivity contribution is 0.0564. The molecule has 2 saturated heterocycles. The first kappa shape index (κ1) is 17.0. The molecule has 2 aliphatic rings. The van der Waals surface area contributed by atoms with Crippen LogP contribution in [0.3, 0.4) is 0 Å². The number of nitrogens with zero attached hydrogens (tertiary/aromatic N) is 2. The SMILES string of the molecule is O=C(Nc1cc(C(=O)N2CCCCC2)ccc1Cl)N1CCOCC1. The number of likely N-dealkylation sites (tertiary alicyclic amines) is 1. The summed E-state index contributed by atoms with van der Waals surface area (Å²) in [6.07, 6.45) is 3.26. The highest BCUT2D eigenvalue weighted by atomic mass is 35.5. The Hall–Kier alpha value is -1.79. The summed E-state index contributed by atoms with van der Waals surface area (Å²) in [4.78, 5) is 28.4. The molecular formula is C17H22ClN3O3. The number of hydrogen-bond acceptors (Lipinski definition) is 3. The summed E-state index contributed by atoms with van der Waals surface area (Å²) in [5.74, 6) is -0.00626. The van der Waals surface area contributed by atoms with Crippen LogP contribution in [0.5, 0.6) is 0 Å². The van der Waals surface area contributed by atoms with E-state index in [0.29, 0.717) is 42.6 Å². The minimum absolute atomic E-state index is 0.00626. The Morgan fingerprint density at radius 1 is 1.00 bits per heavy atom. The highest BCUT2D eigenvalue weighted by molar-refractivity contribution is 6.33.